The van der Waals surface area contributed by atoms with Gasteiger partial charge in [-0.05, 0) is 43.7 Å². The number of hydrogen-bond donors (Lipinski definition) is 1. The van der Waals surface area contributed by atoms with Gasteiger partial charge < -0.3 is 14.7 Å². The topological polar surface area (TPSA) is 70.1 Å². The van der Waals surface area contributed by atoms with Crippen molar-refractivity contribution >= 4 is 59.7 Å². The zero-order valence-corrected chi connectivity index (χ0v) is 22.4. The molecule has 1 fully saturated rings. The Balaban J connectivity index is 1.58. The first kappa shape index (κ1) is 25.6. The predicted molar refractivity (Wildman–Crippen MR) is 131 cm³/mol. The molecule has 0 saturated carbocycles. The van der Waals surface area contributed by atoms with E-state index in [1.54, 1.807) is 12.1 Å². The third-order valence-electron chi connectivity index (χ3n) is 5.63. The smallest absolute Gasteiger partial charge is 0.328 e. The number of halogens is 4. The number of carbonyl (C=O) groups is 2. The van der Waals surface area contributed by atoms with Crippen molar-refractivity contribution in [2.24, 2.45) is 0 Å². The number of rotatable bonds is 6. The molecule has 0 unspecified atom stereocenters. The van der Waals surface area contributed by atoms with Crippen molar-refractivity contribution in [2.75, 3.05) is 19.7 Å². The van der Waals surface area contributed by atoms with Crippen molar-refractivity contribution < 1.29 is 23.8 Å². The second-order valence-electron chi connectivity index (χ2n) is 8.12. The molecule has 1 aliphatic carbocycles. The summed E-state index contributed by atoms with van der Waals surface area (Å²) in [4.78, 5) is 28.5. The van der Waals surface area contributed by atoms with Crippen molar-refractivity contribution in [3.63, 3.8) is 0 Å². The number of aliphatic carboxylic acids is 1. The van der Waals surface area contributed by atoms with Gasteiger partial charge in [-0.25, -0.2) is 4.39 Å². The Morgan fingerprint density at radius 1 is 1.12 bits per heavy atom. The second kappa shape index (κ2) is 10.5. The fourth-order valence-electron chi connectivity index (χ4n) is 3.84. The minimum absolute atomic E-state index is 0.00530. The number of carboxylic acid groups (broad SMARTS) is 1. The van der Waals surface area contributed by atoms with Crippen LogP contribution >= 0.6 is 47.8 Å². The molecule has 10 heteroatoms. The van der Waals surface area contributed by atoms with Crippen LogP contribution < -0.4 is 0 Å². The average Bonchev–Trinajstić information content (AvgIpc) is 2.71. The van der Waals surface area contributed by atoms with Crippen molar-refractivity contribution in [2.45, 2.75) is 42.9 Å². The summed E-state index contributed by atoms with van der Waals surface area (Å²) in [6.45, 7) is 5.89. The molecule has 1 saturated heterocycles. The summed E-state index contributed by atoms with van der Waals surface area (Å²) in [6.07, 6.45) is 2.40. The van der Waals surface area contributed by atoms with E-state index < -0.39 is 16.4 Å². The Morgan fingerprint density at radius 3 is 2.28 bits per heavy atom. The summed E-state index contributed by atoms with van der Waals surface area (Å²) in [5, 5.41) is 9.39. The lowest BCUT2D eigenvalue weighted by Gasteiger charge is -2.44. The third-order valence-corrected chi connectivity index (χ3v) is 7.72. The minimum Gasteiger partial charge on any atom is -0.480 e. The van der Waals surface area contributed by atoms with Gasteiger partial charge in [-0.1, -0.05) is 59.9 Å². The minimum atomic E-state index is -1.33. The van der Waals surface area contributed by atoms with Gasteiger partial charge in [0.15, 0.2) is 4.32 Å². The van der Waals surface area contributed by atoms with Gasteiger partial charge in [-0.3, -0.25) is 14.5 Å². The Hall–Kier alpha value is -1.07. The Kier molecular flexibility index (Phi) is 8.35. The number of benzene rings is 1. The summed E-state index contributed by atoms with van der Waals surface area (Å²) in [5.74, 6) is -1.43. The molecule has 2 atom stereocenters. The number of alkyl halides is 1. The standard InChI is InChI=1S/C22H24Br3FN2O4/c1-13-10-28(14(2)9-27(13)11-15-3-5-16(26)6-4-15)19(29)12-32-20-17(23)7-22(25,21(30)31)8-18(20)24/h3-8,13-14,20H,9-12H2,1-2H3,(H,30,31)/t13-,14+,20?,22?/m1/s1. The van der Waals surface area contributed by atoms with E-state index in [4.69, 9.17) is 4.74 Å². The van der Waals surface area contributed by atoms with Gasteiger partial charge in [-0.2, -0.15) is 0 Å². The molecule has 1 N–H and O–H groups in total. The molecule has 174 valence electrons. The molecule has 3 rings (SSSR count). The van der Waals surface area contributed by atoms with Crippen molar-refractivity contribution in [1.29, 1.82) is 0 Å². The highest BCUT2D eigenvalue weighted by molar-refractivity contribution is 9.12. The third kappa shape index (κ3) is 5.88. The first-order valence-corrected chi connectivity index (χ1v) is 12.5. The zero-order valence-electron chi connectivity index (χ0n) is 17.6. The number of carboxylic acids is 1. The number of nitrogens with zero attached hydrogens (tertiary/aromatic N) is 2. The molecular formula is C22H24Br3FN2O4. The lowest BCUT2D eigenvalue weighted by atomic mass is 10.0. The maximum absolute atomic E-state index is 13.2. The van der Waals surface area contributed by atoms with Gasteiger partial charge in [0.2, 0.25) is 5.91 Å². The monoisotopic (exact) mass is 636 g/mol. The Morgan fingerprint density at radius 2 is 1.72 bits per heavy atom. The molecular weight excluding hydrogens is 615 g/mol. The van der Waals surface area contributed by atoms with Gasteiger partial charge in [0.1, 0.15) is 18.5 Å². The molecule has 1 aromatic rings. The maximum Gasteiger partial charge on any atom is 0.328 e. The van der Waals surface area contributed by atoms with Crippen molar-refractivity contribution in [3.8, 4) is 0 Å². The largest absolute Gasteiger partial charge is 0.480 e. The summed E-state index contributed by atoms with van der Waals surface area (Å²) in [7, 11) is 0. The first-order chi connectivity index (χ1) is 15.0. The second-order valence-corrected chi connectivity index (χ2v) is 11.3. The molecule has 0 bridgehead atoms. The molecule has 2 aliphatic rings. The fourth-order valence-corrected chi connectivity index (χ4v) is 6.73. The van der Waals surface area contributed by atoms with E-state index in [0.717, 1.165) is 5.56 Å². The van der Waals surface area contributed by atoms with Crippen LogP contribution in [0.15, 0.2) is 45.4 Å². The van der Waals surface area contributed by atoms with E-state index in [2.05, 4.69) is 59.6 Å². The number of piperazine rings is 1. The molecule has 6 nitrogen and oxygen atoms in total. The van der Waals surface area contributed by atoms with Crippen LogP contribution in [0.4, 0.5) is 4.39 Å². The zero-order chi connectivity index (χ0) is 23.6. The first-order valence-electron chi connectivity index (χ1n) is 10.1. The number of amides is 1. The van der Waals surface area contributed by atoms with E-state index >= 15 is 0 Å². The molecule has 1 heterocycles. The van der Waals surface area contributed by atoms with Gasteiger partial charge in [0.05, 0.1) is 0 Å². The summed E-state index contributed by atoms with van der Waals surface area (Å²) < 4.78 is 18.7. The highest BCUT2D eigenvalue weighted by Crippen LogP contribution is 2.39. The highest BCUT2D eigenvalue weighted by atomic mass is 79.9. The predicted octanol–water partition coefficient (Wildman–Crippen LogP) is 4.42. The Labute approximate surface area is 211 Å². The van der Waals surface area contributed by atoms with Crippen LogP contribution in [0.5, 0.6) is 0 Å². The lowest BCUT2D eigenvalue weighted by molar-refractivity contribution is -0.143. The van der Waals surface area contributed by atoms with Crippen LogP contribution in [-0.2, 0) is 20.9 Å². The van der Waals surface area contributed by atoms with Crippen LogP contribution in [-0.4, -0.2) is 69.0 Å². The molecule has 1 aliphatic heterocycles. The fraction of sp³-hybridized carbons (Fsp3) is 0.455. The maximum atomic E-state index is 13.2. The van der Waals surface area contributed by atoms with Crippen LogP contribution in [0.3, 0.4) is 0 Å². The quantitative estimate of drug-likeness (QED) is 0.468. The van der Waals surface area contributed by atoms with E-state index in [9.17, 15) is 19.1 Å². The molecule has 1 amide bonds. The van der Waals surface area contributed by atoms with Gasteiger partial charge >= 0.3 is 5.97 Å². The van der Waals surface area contributed by atoms with Crippen LogP contribution in [0, 0.1) is 5.82 Å². The van der Waals surface area contributed by atoms with E-state index in [0.29, 0.717) is 28.6 Å². The van der Waals surface area contributed by atoms with Crippen LogP contribution in [0.1, 0.15) is 19.4 Å². The van der Waals surface area contributed by atoms with Crippen LogP contribution in [0.25, 0.3) is 0 Å². The van der Waals surface area contributed by atoms with Crippen molar-refractivity contribution in [3.05, 3.63) is 56.8 Å². The number of ether oxygens (including phenoxy) is 1. The molecule has 0 aromatic heterocycles. The normalized spacial score (nSPS) is 28.8. The summed E-state index contributed by atoms with van der Waals surface area (Å²) >= 11 is 9.93. The van der Waals surface area contributed by atoms with E-state index in [-0.39, 0.29) is 30.4 Å². The SMILES string of the molecule is C[C@@H]1CN(C(=O)COC2C(Br)=CC(Br)(C(=O)O)C=C2Br)[C@@H](C)CN1Cc1ccc(F)cc1. The molecule has 0 spiro atoms. The molecule has 1 aromatic carbocycles. The van der Waals surface area contributed by atoms with Gasteiger partial charge in [0.25, 0.3) is 0 Å². The van der Waals surface area contributed by atoms with Crippen LogP contribution in [0.2, 0.25) is 0 Å². The number of hydrogen-bond acceptors (Lipinski definition) is 4. The Bertz CT molecular complexity index is 918. The average molecular weight is 639 g/mol. The van der Waals surface area contributed by atoms with E-state index in [1.165, 1.54) is 24.3 Å². The van der Waals surface area contributed by atoms with E-state index in [1.807, 2.05) is 11.8 Å². The summed E-state index contributed by atoms with van der Waals surface area (Å²) in [6, 6.07) is 6.62. The lowest BCUT2D eigenvalue weighted by Crippen LogP contribution is -2.58. The van der Waals surface area contributed by atoms with Gasteiger partial charge in [-0.15, -0.1) is 0 Å². The molecule has 32 heavy (non-hydrogen) atoms. The van der Waals surface area contributed by atoms with Gasteiger partial charge in [0, 0.05) is 40.7 Å². The highest BCUT2D eigenvalue weighted by Gasteiger charge is 2.38. The molecule has 0 radical (unpaired) electrons. The summed E-state index contributed by atoms with van der Waals surface area (Å²) in [5.41, 5.74) is 1.03. The van der Waals surface area contributed by atoms with Crippen molar-refractivity contribution in [1.82, 2.24) is 9.80 Å². The number of carbonyl (C=O) groups excluding carboxylic acids is 1.